The first-order valence-electron chi connectivity index (χ1n) is 15.8. The molecule has 0 aromatic carbocycles. The van der Waals surface area contributed by atoms with Gasteiger partial charge in [0.1, 0.15) is 19.3 Å². The standard InChI is InChI=1S/C30H62NO7P/c1-5-6-7-8-9-10-11-12-13-14-15-16-17-18-19-20-21-22-23-24-30(33)38-29(27-32)28-37-39(34,35)36-26-25-31(2,3)4/h29,32H,5-28H2,1-4H3. The third kappa shape index (κ3) is 28.8. The maximum absolute atomic E-state index is 12.0. The molecule has 0 radical (unpaired) electrons. The van der Waals surface area contributed by atoms with Gasteiger partial charge in [-0.3, -0.25) is 9.36 Å². The highest BCUT2D eigenvalue weighted by Gasteiger charge is 2.19. The van der Waals surface area contributed by atoms with Crippen LogP contribution in [0, 0.1) is 0 Å². The van der Waals surface area contributed by atoms with E-state index in [9.17, 15) is 19.4 Å². The van der Waals surface area contributed by atoms with Gasteiger partial charge in [-0.15, -0.1) is 0 Å². The number of hydrogen-bond acceptors (Lipinski definition) is 7. The van der Waals surface area contributed by atoms with Gasteiger partial charge in [-0.05, 0) is 6.42 Å². The van der Waals surface area contributed by atoms with Crippen molar-refractivity contribution in [2.24, 2.45) is 0 Å². The van der Waals surface area contributed by atoms with Crippen LogP contribution in [-0.2, 0) is 23.1 Å². The number of carbonyl (C=O) groups is 1. The lowest BCUT2D eigenvalue weighted by atomic mass is 10.0. The van der Waals surface area contributed by atoms with E-state index in [1.165, 1.54) is 103 Å². The second kappa shape index (κ2) is 25.2. The van der Waals surface area contributed by atoms with Crippen LogP contribution in [0.2, 0.25) is 0 Å². The predicted octanol–water partition coefficient (Wildman–Crippen LogP) is 6.92. The summed E-state index contributed by atoms with van der Waals surface area (Å²) in [7, 11) is 1.25. The Hall–Kier alpha value is -0.500. The second-order valence-corrected chi connectivity index (χ2v) is 13.4. The Morgan fingerprint density at radius 3 is 1.54 bits per heavy atom. The summed E-state index contributed by atoms with van der Waals surface area (Å²) in [5.41, 5.74) is 0. The van der Waals surface area contributed by atoms with Gasteiger partial charge in [0.25, 0.3) is 7.82 Å². The Kier molecular flexibility index (Phi) is 24.9. The molecule has 0 rings (SSSR count). The molecule has 0 saturated carbocycles. The molecular weight excluding hydrogens is 517 g/mol. The molecule has 0 amide bonds. The zero-order valence-electron chi connectivity index (χ0n) is 25.8. The van der Waals surface area contributed by atoms with Crippen molar-refractivity contribution in [3.8, 4) is 0 Å². The topological polar surface area (TPSA) is 105 Å². The third-order valence-electron chi connectivity index (χ3n) is 6.92. The molecule has 8 nitrogen and oxygen atoms in total. The first-order valence-corrected chi connectivity index (χ1v) is 17.3. The maximum Gasteiger partial charge on any atom is 0.306 e. The van der Waals surface area contributed by atoms with Crippen LogP contribution >= 0.6 is 7.82 Å². The Morgan fingerprint density at radius 2 is 1.15 bits per heavy atom. The molecule has 1 N–H and O–H groups in total. The molecule has 0 aliphatic rings. The molecular formula is C30H62NO7P. The predicted molar refractivity (Wildman–Crippen MR) is 157 cm³/mol. The van der Waals surface area contributed by atoms with Crippen molar-refractivity contribution in [1.29, 1.82) is 0 Å². The molecule has 234 valence electrons. The smallest absolute Gasteiger partial charge is 0.306 e. The molecule has 9 heteroatoms. The van der Waals surface area contributed by atoms with Gasteiger partial charge in [0.15, 0.2) is 0 Å². The van der Waals surface area contributed by atoms with Crippen molar-refractivity contribution in [3.63, 3.8) is 0 Å². The maximum atomic E-state index is 12.0. The van der Waals surface area contributed by atoms with Crippen LogP contribution < -0.4 is 4.89 Å². The molecule has 0 bridgehead atoms. The van der Waals surface area contributed by atoms with Crippen LogP contribution in [0.1, 0.15) is 135 Å². The number of carbonyl (C=O) groups excluding carboxylic acids is 1. The lowest BCUT2D eigenvalue weighted by Gasteiger charge is -2.28. The number of unbranched alkanes of at least 4 members (excludes halogenated alkanes) is 18. The molecule has 0 saturated heterocycles. The van der Waals surface area contributed by atoms with Gasteiger partial charge in [0.2, 0.25) is 0 Å². The average Bonchev–Trinajstić information content (AvgIpc) is 2.87. The van der Waals surface area contributed by atoms with Gasteiger partial charge < -0.3 is 28.3 Å². The number of likely N-dealkylation sites (N-methyl/N-ethyl adjacent to an activating group) is 1. The van der Waals surface area contributed by atoms with Crippen molar-refractivity contribution in [3.05, 3.63) is 0 Å². The third-order valence-corrected chi connectivity index (χ3v) is 7.88. The first kappa shape index (κ1) is 38.5. The van der Waals surface area contributed by atoms with Gasteiger partial charge in [-0.1, -0.05) is 122 Å². The fourth-order valence-corrected chi connectivity index (χ4v) is 5.08. The van der Waals surface area contributed by atoms with Crippen LogP contribution in [0.5, 0.6) is 0 Å². The molecule has 0 fully saturated rings. The van der Waals surface area contributed by atoms with Crippen LogP contribution in [-0.4, -0.2) is 69.2 Å². The SMILES string of the molecule is CCCCCCCCCCCCCCCCCCCCCC(=O)OC(CO)COP(=O)([O-])OCC[N+](C)(C)C. The summed E-state index contributed by atoms with van der Waals surface area (Å²) in [6.07, 6.45) is 23.8. The van der Waals surface area contributed by atoms with Gasteiger partial charge in [0, 0.05) is 6.42 Å². The molecule has 2 unspecified atom stereocenters. The Balaban J connectivity index is 3.57. The zero-order valence-corrected chi connectivity index (χ0v) is 26.7. The highest BCUT2D eigenvalue weighted by atomic mass is 31.2. The van der Waals surface area contributed by atoms with E-state index in [0.29, 0.717) is 11.0 Å². The molecule has 2 atom stereocenters. The number of hydrogen-bond donors (Lipinski definition) is 1. The van der Waals surface area contributed by atoms with Gasteiger partial charge in [-0.2, -0.15) is 0 Å². The minimum absolute atomic E-state index is 0.00669. The van der Waals surface area contributed by atoms with E-state index in [2.05, 4.69) is 6.92 Å². The number of nitrogens with zero attached hydrogens (tertiary/aromatic N) is 1. The number of phosphoric acid groups is 1. The highest BCUT2D eigenvalue weighted by molar-refractivity contribution is 7.45. The van der Waals surface area contributed by atoms with Crippen LogP contribution in [0.4, 0.5) is 0 Å². The van der Waals surface area contributed by atoms with Gasteiger partial charge >= 0.3 is 5.97 Å². The van der Waals surface area contributed by atoms with Gasteiger partial charge in [0.05, 0.1) is 34.4 Å². The summed E-state index contributed by atoms with van der Waals surface area (Å²) < 4.78 is 27.1. The number of ether oxygens (including phenoxy) is 1. The van der Waals surface area contributed by atoms with E-state index in [0.717, 1.165) is 19.3 Å². The number of phosphoric ester groups is 1. The summed E-state index contributed by atoms with van der Waals surface area (Å²) in [6, 6.07) is 0. The van der Waals surface area contributed by atoms with Crippen LogP contribution in [0.3, 0.4) is 0 Å². The van der Waals surface area contributed by atoms with E-state index < -0.39 is 33.1 Å². The lowest BCUT2D eigenvalue weighted by Crippen LogP contribution is -2.37. The number of aliphatic hydroxyl groups excluding tert-OH is 1. The average molecular weight is 580 g/mol. The Labute approximate surface area is 240 Å². The molecule has 0 aliphatic heterocycles. The molecule has 0 heterocycles. The molecule has 39 heavy (non-hydrogen) atoms. The van der Waals surface area contributed by atoms with E-state index >= 15 is 0 Å². The summed E-state index contributed by atoms with van der Waals surface area (Å²) >= 11 is 0. The van der Waals surface area contributed by atoms with Crippen molar-refractivity contribution < 1.29 is 37.6 Å². The molecule has 0 spiro atoms. The van der Waals surface area contributed by atoms with Crippen molar-refractivity contribution >= 4 is 13.8 Å². The summed E-state index contributed by atoms with van der Waals surface area (Å²) in [5, 5.41) is 9.40. The van der Waals surface area contributed by atoms with Gasteiger partial charge in [-0.25, -0.2) is 0 Å². The normalized spacial score (nSPS) is 14.3. The van der Waals surface area contributed by atoms with E-state index in [-0.39, 0.29) is 13.0 Å². The number of rotatable bonds is 29. The first-order chi connectivity index (χ1) is 18.6. The monoisotopic (exact) mass is 579 g/mol. The minimum Gasteiger partial charge on any atom is -0.756 e. The molecule has 0 aromatic rings. The number of aliphatic hydroxyl groups is 1. The fourth-order valence-electron chi connectivity index (χ4n) is 4.35. The highest BCUT2D eigenvalue weighted by Crippen LogP contribution is 2.38. The Bertz CT molecular complexity index is 613. The Morgan fingerprint density at radius 1 is 0.744 bits per heavy atom. The molecule has 0 aliphatic carbocycles. The minimum atomic E-state index is -4.51. The molecule has 0 aromatic heterocycles. The second-order valence-electron chi connectivity index (χ2n) is 12.0. The van der Waals surface area contributed by atoms with E-state index in [4.69, 9.17) is 13.8 Å². The number of esters is 1. The van der Waals surface area contributed by atoms with Crippen LogP contribution in [0.25, 0.3) is 0 Å². The van der Waals surface area contributed by atoms with Crippen molar-refractivity contribution in [2.45, 2.75) is 141 Å². The summed E-state index contributed by atoms with van der Waals surface area (Å²) in [4.78, 5) is 23.9. The van der Waals surface area contributed by atoms with Crippen molar-refractivity contribution in [2.75, 3.05) is 47.5 Å². The van der Waals surface area contributed by atoms with Crippen LogP contribution in [0.15, 0.2) is 0 Å². The zero-order chi connectivity index (χ0) is 29.2. The van der Waals surface area contributed by atoms with E-state index in [1.54, 1.807) is 0 Å². The van der Waals surface area contributed by atoms with Crippen molar-refractivity contribution in [1.82, 2.24) is 0 Å². The summed E-state index contributed by atoms with van der Waals surface area (Å²) in [5.74, 6) is -0.448. The fraction of sp³-hybridized carbons (Fsp3) is 0.967. The van der Waals surface area contributed by atoms with E-state index in [1.807, 2.05) is 21.1 Å². The lowest BCUT2D eigenvalue weighted by molar-refractivity contribution is -0.870. The number of quaternary nitrogens is 1. The summed E-state index contributed by atoms with van der Waals surface area (Å²) in [6.45, 7) is 1.80. The quantitative estimate of drug-likeness (QED) is 0.0444. The largest absolute Gasteiger partial charge is 0.756 e.